The molecule has 6 nitrogen and oxygen atoms in total. The summed E-state index contributed by atoms with van der Waals surface area (Å²) in [5.74, 6) is 1.50. The maximum absolute atomic E-state index is 10.8. The first-order valence-corrected chi connectivity index (χ1v) is 7.91. The fourth-order valence-corrected chi connectivity index (χ4v) is 2.59. The first-order chi connectivity index (χ1) is 10.9. The van der Waals surface area contributed by atoms with Gasteiger partial charge in [0.1, 0.15) is 11.5 Å². The van der Waals surface area contributed by atoms with E-state index in [1.807, 2.05) is 0 Å². The van der Waals surface area contributed by atoms with Gasteiger partial charge in [0, 0.05) is 28.5 Å². The average molecular weight is 352 g/mol. The number of halogens is 1. The molecule has 0 heterocycles. The third kappa shape index (κ3) is 4.61. The van der Waals surface area contributed by atoms with Gasteiger partial charge in [-0.25, -0.2) is 0 Å². The number of nitrogens with two attached hydrogens (primary N) is 1. The third-order valence-electron chi connectivity index (χ3n) is 3.00. The number of non-ortho nitro benzene ring substituents is 1. The number of aryl methyl sites for hydroxylation is 1. The minimum Gasteiger partial charge on any atom is -0.457 e. The SMILES string of the molecule is Cc1cc([N+](=O)[O-])ccc1Oc1cc(Cl)ccc1CSC(=N)N. The Bertz CT molecular complexity index is 768. The van der Waals surface area contributed by atoms with Crippen LogP contribution in [0.2, 0.25) is 5.02 Å². The van der Waals surface area contributed by atoms with E-state index < -0.39 is 4.92 Å². The normalized spacial score (nSPS) is 10.3. The van der Waals surface area contributed by atoms with Crippen LogP contribution in [0.25, 0.3) is 0 Å². The summed E-state index contributed by atoms with van der Waals surface area (Å²) in [6, 6.07) is 9.58. The zero-order chi connectivity index (χ0) is 17.0. The van der Waals surface area contributed by atoms with Crippen molar-refractivity contribution in [3.8, 4) is 11.5 Å². The summed E-state index contributed by atoms with van der Waals surface area (Å²) in [6.07, 6.45) is 0. The molecular weight excluding hydrogens is 338 g/mol. The Labute approximate surface area is 142 Å². The molecule has 2 rings (SSSR count). The predicted molar refractivity (Wildman–Crippen MR) is 92.6 cm³/mol. The molecule has 23 heavy (non-hydrogen) atoms. The third-order valence-corrected chi connectivity index (χ3v) is 4.00. The molecule has 0 unspecified atom stereocenters. The molecule has 0 aliphatic heterocycles. The lowest BCUT2D eigenvalue weighted by Crippen LogP contribution is -2.04. The molecular formula is C15H14ClN3O3S. The Morgan fingerprint density at radius 1 is 1.35 bits per heavy atom. The largest absolute Gasteiger partial charge is 0.457 e. The van der Waals surface area contributed by atoms with E-state index in [-0.39, 0.29) is 10.9 Å². The van der Waals surface area contributed by atoms with Crippen LogP contribution in [-0.4, -0.2) is 10.1 Å². The molecule has 8 heteroatoms. The molecule has 0 fully saturated rings. The molecule has 2 aromatic rings. The van der Waals surface area contributed by atoms with E-state index in [0.717, 1.165) is 5.56 Å². The minimum absolute atomic E-state index is 0.00769. The van der Waals surface area contributed by atoms with Crippen molar-refractivity contribution in [3.05, 3.63) is 62.7 Å². The van der Waals surface area contributed by atoms with Crippen LogP contribution in [0.1, 0.15) is 11.1 Å². The maximum Gasteiger partial charge on any atom is 0.269 e. The van der Waals surface area contributed by atoms with Gasteiger partial charge in [-0.3, -0.25) is 15.5 Å². The van der Waals surface area contributed by atoms with Crippen molar-refractivity contribution in [2.24, 2.45) is 5.73 Å². The molecule has 0 bridgehead atoms. The van der Waals surface area contributed by atoms with Crippen molar-refractivity contribution in [2.75, 3.05) is 0 Å². The van der Waals surface area contributed by atoms with Crippen LogP contribution < -0.4 is 10.5 Å². The topological polar surface area (TPSA) is 102 Å². The summed E-state index contributed by atoms with van der Waals surface area (Å²) in [5, 5.41) is 18.6. The number of amidine groups is 1. The number of hydrogen-bond acceptors (Lipinski definition) is 5. The summed E-state index contributed by atoms with van der Waals surface area (Å²) in [6.45, 7) is 1.73. The summed E-state index contributed by atoms with van der Waals surface area (Å²) in [7, 11) is 0. The number of nitro groups is 1. The van der Waals surface area contributed by atoms with E-state index in [2.05, 4.69) is 0 Å². The fraction of sp³-hybridized carbons (Fsp3) is 0.133. The highest BCUT2D eigenvalue weighted by molar-refractivity contribution is 8.13. The van der Waals surface area contributed by atoms with Gasteiger partial charge >= 0.3 is 0 Å². The van der Waals surface area contributed by atoms with E-state index in [9.17, 15) is 10.1 Å². The molecule has 0 aliphatic rings. The van der Waals surface area contributed by atoms with E-state index in [1.165, 1.54) is 23.9 Å². The second-order valence-electron chi connectivity index (χ2n) is 4.71. The monoisotopic (exact) mass is 351 g/mol. The van der Waals surface area contributed by atoms with Crippen molar-refractivity contribution in [2.45, 2.75) is 12.7 Å². The molecule has 3 N–H and O–H groups in total. The van der Waals surface area contributed by atoms with Crippen LogP contribution in [0, 0.1) is 22.4 Å². The highest BCUT2D eigenvalue weighted by atomic mass is 35.5. The van der Waals surface area contributed by atoms with Gasteiger partial charge in [0.05, 0.1) is 4.92 Å². The van der Waals surface area contributed by atoms with Crippen molar-refractivity contribution >= 4 is 34.2 Å². The second-order valence-corrected chi connectivity index (χ2v) is 6.17. The van der Waals surface area contributed by atoms with Crippen LogP contribution in [0.4, 0.5) is 5.69 Å². The summed E-state index contributed by atoms with van der Waals surface area (Å²) >= 11 is 7.18. The van der Waals surface area contributed by atoms with Gasteiger partial charge < -0.3 is 10.5 Å². The highest BCUT2D eigenvalue weighted by Crippen LogP contribution is 2.33. The van der Waals surface area contributed by atoms with E-state index in [1.54, 1.807) is 31.2 Å². The van der Waals surface area contributed by atoms with Crippen molar-refractivity contribution < 1.29 is 9.66 Å². The minimum atomic E-state index is -0.453. The standard InChI is InChI=1S/C15H14ClN3O3S/c1-9-6-12(19(20)21)4-5-13(9)22-14-7-11(16)3-2-10(14)8-23-15(17)18/h2-7H,8H2,1H3,(H3,17,18). The number of hydrogen-bond donors (Lipinski definition) is 2. The summed E-state index contributed by atoms with van der Waals surface area (Å²) < 4.78 is 5.86. The molecule has 0 spiro atoms. The van der Waals surface area contributed by atoms with Crippen molar-refractivity contribution in [1.29, 1.82) is 5.41 Å². The van der Waals surface area contributed by atoms with Crippen LogP contribution in [0.3, 0.4) is 0 Å². The number of nitrogens with zero attached hydrogens (tertiary/aromatic N) is 1. The Morgan fingerprint density at radius 3 is 2.70 bits per heavy atom. The van der Waals surface area contributed by atoms with Gasteiger partial charge in [-0.05, 0) is 30.7 Å². The molecule has 0 aliphatic carbocycles. The smallest absolute Gasteiger partial charge is 0.269 e. The van der Waals surface area contributed by atoms with Gasteiger partial charge in [-0.15, -0.1) is 0 Å². The summed E-state index contributed by atoms with van der Waals surface area (Å²) in [4.78, 5) is 10.3. The molecule has 0 saturated heterocycles. The van der Waals surface area contributed by atoms with Crippen LogP contribution in [0.5, 0.6) is 11.5 Å². The quantitative estimate of drug-likeness (QED) is 0.358. The number of ether oxygens (including phenoxy) is 1. The molecule has 0 atom stereocenters. The van der Waals surface area contributed by atoms with Crippen LogP contribution in [0.15, 0.2) is 36.4 Å². The highest BCUT2D eigenvalue weighted by Gasteiger charge is 2.12. The molecule has 0 radical (unpaired) electrons. The van der Waals surface area contributed by atoms with Crippen LogP contribution >= 0.6 is 23.4 Å². The van der Waals surface area contributed by atoms with Gasteiger partial charge in [0.15, 0.2) is 5.17 Å². The maximum atomic E-state index is 10.8. The summed E-state index contributed by atoms with van der Waals surface area (Å²) in [5.41, 5.74) is 6.83. The average Bonchev–Trinajstić information content (AvgIpc) is 2.48. The van der Waals surface area contributed by atoms with Gasteiger partial charge in [-0.2, -0.15) is 0 Å². The zero-order valence-electron chi connectivity index (χ0n) is 12.2. The molecule has 0 saturated carbocycles. The second kappa shape index (κ2) is 7.34. The first-order valence-electron chi connectivity index (χ1n) is 6.55. The van der Waals surface area contributed by atoms with Gasteiger partial charge in [0.2, 0.25) is 0 Å². The number of thioether (sulfide) groups is 1. The van der Waals surface area contributed by atoms with E-state index in [4.69, 9.17) is 27.5 Å². The number of nitrogens with one attached hydrogen (secondary N) is 1. The lowest BCUT2D eigenvalue weighted by atomic mass is 10.2. The molecule has 0 amide bonds. The van der Waals surface area contributed by atoms with E-state index in [0.29, 0.717) is 27.8 Å². The molecule has 0 aromatic heterocycles. The Balaban J connectivity index is 2.30. The van der Waals surface area contributed by atoms with Gasteiger partial charge in [-0.1, -0.05) is 29.4 Å². The first kappa shape index (κ1) is 17.1. The fourth-order valence-electron chi connectivity index (χ4n) is 1.88. The predicted octanol–water partition coefficient (Wildman–Crippen LogP) is 4.48. The number of benzene rings is 2. The Morgan fingerprint density at radius 2 is 2.09 bits per heavy atom. The Kier molecular flexibility index (Phi) is 5.46. The Hall–Kier alpha value is -2.25. The number of nitro benzene ring substituents is 1. The molecule has 120 valence electrons. The van der Waals surface area contributed by atoms with Crippen molar-refractivity contribution in [3.63, 3.8) is 0 Å². The lowest BCUT2D eigenvalue weighted by Gasteiger charge is -2.13. The van der Waals surface area contributed by atoms with E-state index >= 15 is 0 Å². The zero-order valence-corrected chi connectivity index (χ0v) is 13.8. The van der Waals surface area contributed by atoms with Gasteiger partial charge in [0.25, 0.3) is 5.69 Å². The number of rotatable bonds is 5. The lowest BCUT2D eigenvalue weighted by molar-refractivity contribution is -0.384. The van der Waals surface area contributed by atoms with Crippen LogP contribution in [-0.2, 0) is 5.75 Å². The molecule has 2 aromatic carbocycles. The van der Waals surface area contributed by atoms with Crippen molar-refractivity contribution in [1.82, 2.24) is 0 Å².